The highest BCUT2D eigenvalue weighted by Gasteiger charge is 2.19. The molecule has 1 fully saturated rings. The lowest BCUT2D eigenvalue weighted by Gasteiger charge is -2.26. The molecule has 5 nitrogen and oxygen atoms in total. The third-order valence-corrected chi connectivity index (χ3v) is 4.61. The minimum absolute atomic E-state index is 0.00782. The number of ether oxygens (including phenoxy) is 1. The van der Waals surface area contributed by atoms with Crippen LogP contribution in [-0.2, 0) is 6.54 Å². The quantitative estimate of drug-likeness (QED) is 0.877. The fraction of sp³-hybridized carbons (Fsp3) is 0.368. The Hall–Kier alpha value is -2.27. The summed E-state index contributed by atoms with van der Waals surface area (Å²) in [5.41, 5.74) is 1.60. The molecular weight excluding hydrogens is 338 g/mol. The summed E-state index contributed by atoms with van der Waals surface area (Å²) >= 11 is 6.32. The van der Waals surface area contributed by atoms with E-state index in [2.05, 4.69) is 10.3 Å². The van der Waals surface area contributed by atoms with Gasteiger partial charge < -0.3 is 15.0 Å². The number of hydrogen-bond donors (Lipinski definition) is 1. The summed E-state index contributed by atoms with van der Waals surface area (Å²) in [6.07, 6.45) is 4.91. The van der Waals surface area contributed by atoms with Crippen LogP contribution in [0.4, 0.5) is 5.82 Å². The number of amides is 1. The molecule has 0 bridgehead atoms. The molecule has 2 heterocycles. The van der Waals surface area contributed by atoms with Gasteiger partial charge in [0.2, 0.25) is 0 Å². The zero-order valence-electron chi connectivity index (χ0n) is 14.3. The second-order valence-electron chi connectivity index (χ2n) is 6.11. The van der Waals surface area contributed by atoms with Crippen molar-refractivity contribution in [2.24, 2.45) is 0 Å². The van der Waals surface area contributed by atoms with Crippen molar-refractivity contribution in [3.05, 3.63) is 52.7 Å². The monoisotopic (exact) mass is 359 g/mol. The fourth-order valence-electron chi connectivity index (χ4n) is 2.93. The van der Waals surface area contributed by atoms with Crippen molar-refractivity contribution in [3.63, 3.8) is 0 Å². The lowest BCUT2D eigenvalue weighted by atomic mass is 10.1. The topological polar surface area (TPSA) is 54.5 Å². The van der Waals surface area contributed by atoms with Crippen LogP contribution >= 0.6 is 11.6 Å². The van der Waals surface area contributed by atoms with Crippen LogP contribution < -0.4 is 10.1 Å². The van der Waals surface area contributed by atoms with Crippen LogP contribution in [0.5, 0.6) is 5.75 Å². The van der Waals surface area contributed by atoms with E-state index in [-0.39, 0.29) is 5.91 Å². The van der Waals surface area contributed by atoms with Gasteiger partial charge in [-0.15, -0.1) is 0 Å². The summed E-state index contributed by atoms with van der Waals surface area (Å²) < 4.78 is 5.22. The number of nitrogens with one attached hydrogen (secondary N) is 1. The molecule has 0 spiro atoms. The van der Waals surface area contributed by atoms with Gasteiger partial charge >= 0.3 is 0 Å². The summed E-state index contributed by atoms with van der Waals surface area (Å²) in [5, 5.41) is 3.65. The molecule has 1 aliphatic rings. The second kappa shape index (κ2) is 8.21. The van der Waals surface area contributed by atoms with E-state index in [0.29, 0.717) is 22.9 Å². The predicted octanol–water partition coefficient (Wildman–Crippen LogP) is 3.98. The van der Waals surface area contributed by atoms with Crippen molar-refractivity contribution in [2.45, 2.75) is 25.8 Å². The average Bonchev–Trinajstić information content (AvgIpc) is 2.67. The van der Waals surface area contributed by atoms with Crippen LogP contribution in [0.3, 0.4) is 0 Å². The maximum Gasteiger partial charge on any atom is 0.255 e. The maximum absolute atomic E-state index is 12.5. The second-order valence-corrected chi connectivity index (χ2v) is 6.52. The van der Waals surface area contributed by atoms with Crippen molar-refractivity contribution in [1.29, 1.82) is 0 Å². The minimum atomic E-state index is 0.00782. The number of nitrogens with zero attached hydrogens (tertiary/aromatic N) is 2. The first-order valence-corrected chi connectivity index (χ1v) is 8.87. The maximum atomic E-state index is 12.5. The normalized spacial score (nSPS) is 14.2. The van der Waals surface area contributed by atoms with Gasteiger partial charge in [-0.2, -0.15) is 0 Å². The fourth-order valence-corrected chi connectivity index (χ4v) is 3.17. The molecule has 1 aliphatic heterocycles. The number of hydrogen-bond acceptors (Lipinski definition) is 4. The van der Waals surface area contributed by atoms with Gasteiger partial charge in [-0.25, -0.2) is 4.98 Å². The third-order valence-electron chi connectivity index (χ3n) is 4.33. The third kappa shape index (κ3) is 4.42. The Labute approximate surface area is 153 Å². The molecule has 3 rings (SSSR count). The molecule has 0 aliphatic carbocycles. The van der Waals surface area contributed by atoms with E-state index in [0.717, 1.165) is 37.2 Å². The van der Waals surface area contributed by atoms with Crippen LogP contribution in [-0.4, -0.2) is 36.0 Å². The number of rotatable bonds is 5. The molecule has 0 radical (unpaired) electrons. The molecule has 2 aromatic rings. The van der Waals surface area contributed by atoms with Gasteiger partial charge in [0.25, 0.3) is 5.91 Å². The molecule has 1 N–H and O–H groups in total. The van der Waals surface area contributed by atoms with E-state index in [1.165, 1.54) is 6.42 Å². The van der Waals surface area contributed by atoms with E-state index in [4.69, 9.17) is 16.3 Å². The van der Waals surface area contributed by atoms with Crippen LogP contribution in [0, 0.1) is 0 Å². The first-order valence-electron chi connectivity index (χ1n) is 8.49. The Morgan fingerprint density at radius 3 is 2.80 bits per heavy atom. The SMILES string of the molecule is COc1cccc(CNc2ncc(C(=O)N3CCCCC3)cc2Cl)c1. The first-order chi connectivity index (χ1) is 12.2. The molecular formula is C19H22ClN3O2. The van der Waals surface area contributed by atoms with Gasteiger partial charge in [0.05, 0.1) is 17.7 Å². The molecule has 1 amide bonds. The van der Waals surface area contributed by atoms with Gasteiger partial charge in [-0.3, -0.25) is 4.79 Å². The molecule has 0 atom stereocenters. The summed E-state index contributed by atoms with van der Waals surface area (Å²) in [6, 6.07) is 9.48. The van der Waals surface area contributed by atoms with E-state index in [9.17, 15) is 4.79 Å². The van der Waals surface area contributed by atoms with Crippen molar-refractivity contribution in [3.8, 4) is 5.75 Å². The van der Waals surface area contributed by atoms with Gasteiger partial charge in [0.15, 0.2) is 0 Å². The number of carbonyl (C=O) groups is 1. The summed E-state index contributed by atoms with van der Waals surface area (Å²) in [4.78, 5) is 18.7. The van der Waals surface area contributed by atoms with Crippen LogP contribution in [0.2, 0.25) is 5.02 Å². The minimum Gasteiger partial charge on any atom is -0.497 e. The zero-order chi connectivity index (χ0) is 17.6. The van der Waals surface area contributed by atoms with Crippen LogP contribution in [0.1, 0.15) is 35.2 Å². The standard InChI is InChI=1S/C19H22ClN3O2/c1-25-16-7-5-6-14(10-16)12-21-18-17(20)11-15(13-22-18)19(24)23-8-3-2-4-9-23/h5-7,10-11,13H,2-4,8-9,12H2,1H3,(H,21,22). The van der Waals surface area contributed by atoms with E-state index >= 15 is 0 Å². The number of likely N-dealkylation sites (tertiary alicyclic amines) is 1. The number of benzene rings is 1. The van der Waals surface area contributed by atoms with Crippen molar-refractivity contribution in [1.82, 2.24) is 9.88 Å². The van der Waals surface area contributed by atoms with E-state index < -0.39 is 0 Å². The Bertz CT molecular complexity index is 745. The Morgan fingerprint density at radius 1 is 1.28 bits per heavy atom. The molecule has 6 heteroatoms. The van der Waals surface area contributed by atoms with Crippen molar-refractivity contribution >= 4 is 23.3 Å². The Kier molecular flexibility index (Phi) is 5.76. The number of halogens is 1. The molecule has 1 aromatic heterocycles. The molecule has 0 saturated carbocycles. The smallest absolute Gasteiger partial charge is 0.255 e. The first kappa shape index (κ1) is 17.5. The average molecular weight is 360 g/mol. The van der Waals surface area contributed by atoms with E-state index in [1.54, 1.807) is 19.4 Å². The van der Waals surface area contributed by atoms with Gasteiger partial charge in [-0.05, 0) is 43.0 Å². The van der Waals surface area contributed by atoms with Crippen molar-refractivity contribution < 1.29 is 9.53 Å². The summed E-state index contributed by atoms with van der Waals surface area (Å²) in [5.74, 6) is 1.38. The molecule has 25 heavy (non-hydrogen) atoms. The lowest BCUT2D eigenvalue weighted by Crippen LogP contribution is -2.35. The van der Waals surface area contributed by atoms with Crippen LogP contribution in [0.25, 0.3) is 0 Å². The Morgan fingerprint density at radius 2 is 2.08 bits per heavy atom. The highest BCUT2D eigenvalue weighted by molar-refractivity contribution is 6.33. The van der Waals surface area contributed by atoms with Gasteiger partial charge in [0.1, 0.15) is 11.6 Å². The highest BCUT2D eigenvalue weighted by Crippen LogP contribution is 2.23. The number of methoxy groups -OCH3 is 1. The largest absolute Gasteiger partial charge is 0.497 e. The number of pyridine rings is 1. The Balaban J connectivity index is 1.66. The van der Waals surface area contributed by atoms with Gasteiger partial charge in [0, 0.05) is 25.8 Å². The number of carbonyl (C=O) groups excluding carboxylic acids is 1. The molecule has 0 unspecified atom stereocenters. The summed E-state index contributed by atoms with van der Waals surface area (Å²) in [7, 11) is 1.64. The number of aromatic nitrogens is 1. The molecule has 132 valence electrons. The molecule has 1 aromatic carbocycles. The number of piperidine rings is 1. The van der Waals surface area contributed by atoms with Crippen LogP contribution in [0.15, 0.2) is 36.5 Å². The zero-order valence-corrected chi connectivity index (χ0v) is 15.1. The predicted molar refractivity (Wildman–Crippen MR) is 99.3 cm³/mol. The van der Waals surface area contributed by atoms with Gasteiger partial charge in [-0.1, -0.05) is 23.7 Å². The van der Waals surface area contributed by atoms with Crippen molar-refractivity contribution in [2.75, 3.05) is 25.5 Å². The lowest BCUT2D eigenvalue weighted by molar-refractivity contribution is 0.0724. The molecule has 1 saturated heterocycles. The highest BCUT2D eigenvalue weighted by atomic mass is 35.5. The number of anilines is 1. The van der Waals surface area contributed by atoms with E-state index in [1.807, 2.05) is 29.2 Å². The summed E-state index contributed by atoms with van der Waals surface area (Å²) in [6.45, 7) is 2.20.